The average molecular weight is 190 g/mol. The molecule has 0 aliphatic heterocycles. The highest BCUT2D eigenvalue weighted by molar-refractivity contribution is 6.32. The fraction of sp³-hybridized carbons (Fsp3) is 0.0909. The lowest BCUT2D eigenvalue weighted by Crippen LogP contribution is -2.12. The minimum absolute atomic E-state index is 0.353. The minimum Gasteiger partial charge on any atom is -0.421 e. The van der Waals surface area contributed by atoms with Crippen LogP contribution < -0.4 is 0 Å². The van der Waals surface area contributed by atoms with E-state index < -0.39 is 11.8 Å². The largest absolute Gasteiger partial charge is 0.421 e. The summed E-state index contributed by atoms with van der Waals surface area (Å²) in [6.45, 7) is 1.17. The molecule has 0 amide bonds. The summed E-state index contributed by atoms with van der Waals surface area (Å²) in [4.78, 5) is 21.5. The van der Waals surface area contributed by atoms with Crippen molar-refractivity contribution in [2.24, 2.45) is 0 Å². The summed E-state index contributed by atoms with van der Waals surface area (Å²) in [5.74, 6) is -1.11. The van der Waals surface area contributed by atoms with Gasteiger partial charge >= 0.3 is 5.97 Å². The quantitative estimate of drug-likeness (QED) is 0.491. The Labute approximate surface area is 82.1 Å². The zero-order chi connectivity index (χ0) is 10.4. The first-order chi connectivity index (χ1) is 6.70. The molecular weight excluding hydrogens is 180 g/mol. The molecule has 0 saturated carbocycles. The van der Waals surface area contributed by atoms with Crippen molar-refractivity contribution in [3.8, 4) is 0 Å². The smallest absolute Gasteiger partial charge is 0.379 e. The van der Waals surface area contributed by atoms with Crippen LogP contribution in [-0.2, 0) is 14.3 Å². The van der Waals surface area contributed by atoms with Gasteiger partial charge in [-0.15, -0.1) is 0 Å². The molecule has 1 rings (SSSR count). The third-order valence-corrected chi connectivity index (χ3v) is 1.46. The number of hydrogen-bond acceptors (Lipinski definition) is 3. The van der Waals surface area contributed by atoms with Gasteiger partial charge in [0.1, 0.15) is 5.76 Å². The fourth-order valence-corrected chi connectivity index (χ4v) is 0.796. The molecule has 3 heteroatoms. The average Bonchev–Trinajstić information content (AvgIpc) is 2.08. The molecule has 14 heavy (non-hydrogen) atoms. The lowest BCUT2D eigenvalue weighted by molar-refractivity contribution is -0.149. The summed E-state index contributed by atoms with van der Waals surface area (Å²) in [5.41, 5.74) is 0. The van der Waals surface area contributed by atoms with Crippen LogP contribution in [0.1, 0.15) is 6.92 Å². The molecule has 0 aromatic heterocycles. The van der Waals surface area contributed by atoms with Crippen molar-refractivity contribution in [3.05, 3.63) is 48.3 Å². The lowest BCUT2D eigenvalue weighted by atomic mass is 10.3. The van der Waals surface area contributed by atoms with Crippen LogP contribution in [0.5, 0.6) is 0 Å². The molecule has 0 heterocycles. The number of esters is 1. The summed E-state index contributed by atoms with van der Waals surface area (Å²) < 4.78 is 4.79. The Morgan fingerprint density at radius 2 is 1.71 bits per heavy atom. The van der Waals surface area contributed by atoms with Crippen LogP contribution in [0.4, 0.5) is 0 Å². The topological polar surface area (TPSA) is 43.4 Å². The number of ketones is 1. The van der Waals surface area contributed by atoms with Crippen LogP contribution in [0.15, 0.2) is 48.3 Å². The molecule has 0 bridgehead atoms. The molecule has 3 nitrogen and oxygen atoms in total. The van der Waals surface area contributed by atoms with E-state index in [0.717, 1.165) is 0 Å². The molecule has 1 aliphatic carbocycles. The van der Waals surface area contributed by atoms with E-state index in [2.05, 4.69) is 0 Å². The summed E-state index contributed by atoms with van der Waals surface area (Å²) in [6.07, 6.45) is 12.1. The van der Waals surface area contributed by atoms with Crippen LogP contribution >= 0.6 is 0 Å². The second kappa shape index (κ2) is 4.97. The van der Waals surface area contributed by atoms with Gasteiger partial charge in [0.15, 0.2) is 0 Å². The first-order valence-electron chi connectivity index (χ1n) is 4.14. The fourth-order valence-electron chi connectivity index (χ4n) is 0.796. The number of ether oxygens (including phenoxy) is 1. The van der Waals surface area contributed by atoms with E-state index in [1.807, 2.05) is 6.08 Å². The Kier molecular flexibility index (Phi) is 3.61. The number of hydrogen-bond donors (Lipinski definition) is 0. The van der Waals surface area contributed by atoms with Gasteiger partial charge in [-0.3, -0.25) is 4.79 Å². The summed E-state index contributed by atoms with van der Waals surface area (Å²) in [6, 6.07) is 0. The molecule has 0 fully saturated rings. The number of Topliss-reactive ketones (excluding diaryl/α,β-unsaturated/α-hetero) is 1. The van der Waals surface area contributed by atoms with Gasteiger partial charge in [-0.1, -0.05) is 30.4 Å². The van der Waals surface area contributed by atoms with E-state index in [1.165, 1.54) is 6.92 Å². The predicted molar refractivity (Wildman–Crippen MR) is 52.3 cm³/mol. The first kappa shape index (κ1) is 10.2. The molecule has 0 radical (unpaired) electrons. The maximum atomic E-state index is 10.9. The third-order valence-electron chi connectivity index (χ3n) is 1.46. The Bertz CT molecular complexity index is 357. The Morgan fingerprint density at radius 1 is 1.07 bits per heavy atom. The zero-order valence-electron chi connectivity index (χ0n) is 7.77. The van der Waals surface area contributed by atoms with Gasteiger partial charge in [0.2, 0.25) is 5.78 Å². The predicted octanol–water partition coefficient (Wildman–Crippen LogP) is 1.68. The van der Waals surface area contributed by atoms with Crippen molar-refractivity contribution in [1.29, 1.82) is 0 Å². The van der Waals surface area contributed by atoms with Gasteiger partial charge in [-0.25, -0.2) is 4.79 Å². The van der Waals surface area contributed by atoms with Crippen molar-refractivity contribution in [2.75, 3.05) is 0 Å². The highest BCUT2D eigenvalue weighted by Gasteiger charge is 2.09. The molecule has 0 aromatic rings. The number of carbonyl (C=O) groups is 2. The van der Waals surface area contributed by atoms with Crippen molar-refractivity contribution in [1.82, 2.24) is 0 Å². The van der Waals surface area contributed by atoms with Crippen LogP contribution in [0.2, 0.25) is 0 Å². The normalized spacial score (nSPS) is 14.2. The van der Waals surface area contributed by atoms with Crippen molar-refractivity contribution >= 4 is 11.8 Å². The Hall–Kier alpha value is -1.90. The van der Waals surface area contributed by atoms with E-state index >= 15 is 0 Å². The van der Waals surface area contributed by atoms with Gasteiger partial charge in [0.05, 0.1) is 0 Å². The van der Waals surface area contributed by atoms with E-state index in [9.17, 15) is 9.59 Å². The van der Waals surface area contributed by atoms with E-state index in [0.29, 0.717) is 5.76 Å². The van der Waals surface area contributed by atoms with Gasteiger partial charge in [0.25, 0.3) is 0 Å². The van der Waals surface area contributed by atoms with Crippen LogP contribution in [0, 0.1) is 0 Å². The summed E-state index contributed by atoms with van der Waals surface area (Å²) >= 11 is 0. The lowest BCUT2D eigenvalue weighted by Gasteiger charge is -2.01. The molecule has 1 aliphatic rings. The summed E-state index contributed by atoms with van der Waals surface area (Å²) in [5, 5.41) is 0. The number of rotatable bonds is 2. The van der Waals surface area contributed by atoms with Gasteiger partial charge < -0.3 is 4.74 Å². The SMILES string of the molecule is CC(=O)C(=O)OC1=CC=CC=CC=C1. The molecule has 72 valence electrons. The van der Waals surface area contributed by atoms with Crippen LogP contribution in [0.25, 0.3) is 0 Å². The molecular formula is C11H10O3. The van der Waals surface area contributed by atoms with E-state index in [-0.39, 0.29) is 0 Å². The molecule has 0 unspecified atom stereocenters. The minimum atomic E-state index is -0.848. The second-order valence-electron chi connectivity index (χ2n) is 2.64. The van der Waals surface area contributed by atoms with Crippen molar-refractivity contribution in [2.45, 2.75) is 6.92 Å². The Balaban J connectivity index is 2.69. The van der Waals surface area contributed by atoms with E-state index in [1.54, 1.807) is 36.5 Å². The Morgan fingerprint density at radius 3 is 2.43 bits per heavy atom. The van der Waals surface area contributed by atoms with Crippen LogP contribution in [0.3, 0.4) is 0 Å². The summed E-state index contributed by atoms with van der Waals surface area (Å²) in [7, 11) is 0. The first-order valence-corrected chi connectivity index (χ1v) is 4.14. The highest BCUT2D eigenvalue weighted by atomic mass is 16.5. The number of carbonyl (C=O) groups excluding carboxylic acids is 2. The molecule has 0 N–H and O–H groups in total. The monoisotopic (exact) mass is 190 g/mol. The maximum absolute atomic E-state index is 10.9. The second-order valence-corrected chi connectivity index (χ2v) is 2.64. The molecule has 0 saturated heterocycles. The third kappa shape index (κ3) is 3.23. The van der Waals surface area contributed by atoms with E-state index in [4.69, 9.17) is 4.74 Å². The zero-order valence-corrected chi connectivity index (χ0v) is 7.77. The maximum Gasteiger partial charge on any atom is 0.379 e. The number of allylic oxidation sites excluding steroid dienone is 7. The van der Waals surface area contributed by atoms with Gasteiger partial charge in [-0.2, -0.15) is 0 Å². The van der Waals surface area contributed by atoms with Crippen molar-refractivity contribution in [3.63, 3.8) is 0 Å². The molecule has 0 aromatic carbocycles. The van der Waals surface area contributed by atoms with Crippen LogP contribution in [-0.4, -0.2) is 11.8 Å². The highest BCUT2D eigenvalue weighted by Crippen LogP contribution is 2.04. The van der Waals surface area contributed by atoms with Crippen molar-refractivity contribution < 1.29 is 14.3 Å². The van der Waals surface area contributed by atoms with Gasteiger partial charge in [0, 0.05) is 6.92 Å². The van der Waals surface area contributed by atoms with Gasteiger partial charge in [-0.05, 0) is 12.2 Å². The molecule has 0 atom stereocenters. The standard InChI is InChI=1S/C11H10O3/c1-9(12)11(13)14-10-7-5-3-2-4-6-8-10/h2-8H,1H3. The molecule has 0 spiro atoms.